The number of nitrogens with one attached hydrogen (secondary N) is 1. The number of aromatic nitrogens is 1. The van der Waals surface area contributed by atoms with Crippen LogP contribution in [0.3, 0.4) is 0 Å². The lowest BCUT2D eigenvalue weighted by molar-refractivity contribution is 0.209. The second-order valence-corrected chi connectivity index (χ2v) is 6.32. The summed E-state index contributed by atoms with van der Waals surface area (Å²) >= 11 is 12.6. The largest absolute Gasteiger partial charge is 0.316 e. The van der Waals surface area contributed by atoms with Crippen molar-refractivity contribution in [1.82, 2.24) is 15.2 Å². The van der Waals surface area contributed by atoms with Crippen molar-refractivity contribution in [2.75, 3.05) is 26.2 Å². The number of hydrogen-bond donors (Lipinski definition) is 1. The minimum absolute atomic E-state index is 0.537. The first-order valence-electron chi connectivity index (χ1n) is 7.34. The number of halogens is 2. The Morgan fingerprint density at radius 1 is 1.45 bits per heavy atom. The van der Waals surface area contributed by atoms with Crippen LogP contribution in [-0.4, -0.2) is 36.1 Å². The van der Waals surface area contributed by atoms with Gasteiger partial charge in [-0.2, -0.15) is 0 Å². The Bertz CT molecular complexity index is 422. The lowest BCUT2D eigenvalue weighted by Gasteiger charge is -2.29. The Kier molecular flexibility index (Phi) is 6.09. The molecule has 1 unspecified atom stereocenters. The van der Waals surface area contributed by atoms with Crippen molar-refractivity contribution in [3.8, 4) is 0 Å². The van der Waals surface area contributed by atoms with Gasteiger partial charge in [0.1, 0.15) is 5.15 Å². The molecule has 0 bridgehead atoms. The fraction of sp³-hybridized carbons (Fsp3) is 0.667. The number of rotatable bonds is 5. The standard InChI is InChI=1S/C15H23Cl2N3/c1-3-20(9-12-5-4-6-18-8-12)10-13-14(16)7-11(2)19-15(13)17/h7,12,18H,3-6,8-10H2,1-2H3. The molecule has 1 aliphatic rings. The van der Waals surface area contributed by atoms with Gasteiger partial charge in [0.15, 0.2) is 0 Å². The highest BCUT2D eigenvalue weighted by Crippen LogP contribution is 2.26. The second kappa shape index (κ2) is 7.60. The van der Waals surface area contributed by atoms with Crippen molar-refractivity contribution in [2.45, 2.75) is 33.2 Å². The minimum atomic E-state index is 0.537. The van der Waals surface area contributed by atoms with Crippen LogP contribution >= 0.6 is 23.2 Å². The van der Waals surface area contributed by atoms with Crippen LogP contribution in [0.15, 0.2) is 6.07 Å². The first-order valence-corrected chi connectivity index (χ1v) is 8.10. The van der Waals surface area contributed by atoms with E-state index in [0.717, 1.165) is 54.9 Å². The van der Waals surface area contributed by atoms with Crippen molar-refractivity contribution >= 4 is 23.2 Å². The molecule has 0 saturated carbocycles. The molecule has 0 spiro atoms. The summed E-state index contributed by atoms with van der Waals surface area (Å²) in [6, 6.07) is 1.89. The van der Waals surface area contributed by atoms with Crippen LogP contribution in [0.25, 0.3) is 0 Å². The third-order valence-corrected chi connectivity index (χ3v) is 4.54. The zero-order chi connectivity index (χ0) is 14.5. The predicted molar refractivity (Wildman–Crippen MR) is 85.5 cm³/mol. The van der Waals surface area contributed by atoms with Crippen molar-refractivity contribution in [1.29, 1.82) is 0 Å². The topological polar surface area (TPSA) is 28.2 Å². The van der Waals surface area contributed by atoms with Crippen molar-refractivity contribution in [3.63, 3.8) is 0 Å². The summed E-state index contributed by atoms with van der Waals surface area (Å²) in [6.07, 6.45) is 2.58. The van der Waals surface area contributed by atoms with Crippen LogP contribution < -0.4 is 5.32 Å². The van der Waals surface area contributed by atoms with E-state index in [1.54, 1.807) is 0 Å². The SMILES string of the molecule is CCN(Cc1c(Cl)cc(C)nc1Cl)CC1CCCNC1. The fourth-order valence-electron chi connectivity index (χ4n) is 2.74. The Labute approximate surface area is 131 Å². The van der Waals surface area contributed by atoms with Gasteiger partial charge in [0.2, 0.25) is 0 Å². The van der Waals surface area contributed by atoms with E-state index in [-0.39, 0.29) is 0 Å². The molecule has 1 aliphatic heterocycles. The zero-order valence-corrected chi connectivity index (χ0v) is 13.8. The van der Waals surface area contributed by atoms with Crippen LogP contribution in [0.2, 0.25) is 10.2 Å². The third kappa shape index (κ3) is 4.32. The predicted octanol–water partition coefficient (Wildman–Crippen LogP) is 3.52. The van der Waals surface area contributed by atoms with Gasteiger partial charge in [-0.15, -0.1) is 0 Å². The maximum Gasteiger partial charge on any atom is 0.135 e. The van der Waals surface area contributed by atoms with Gasteiger partial charge in [-0.25, -0.2) is 4.98 Å². The van der Waals surface area contributed by atoms with Gasteiger partial charge in [0.05, 0.1) is 0 Å². The molecule has 1 aromatic rings. The third-order valence-electron chi connectivity index (χ3n) is 3.89. The van der Waals surface area contributed by atoms with E-state index in [2.05, 4.69) is 22.1 Å². The monoisotopic (exact) mass is 315 g/mol. The molecule has 3 nitrogen and oxygen atoms in total. The Hall–Kier alpha value is -0.350. The first kappa shape index (κ1) is 16.0. The number of aryl methyl sites for hydroxylation is 1. The summed E-state index contributed by atoms with van der Waals surface area (Å²) in [5, 5.41) is 4.73. The van der Waals surface area contributed by atoms with Gasteiger partial charge < -0.3 is 5.32 Å². The second-order valence-electron chi connectivity index (χ2n) is 5.55. The van der Waals surface area contributed by atoms with Crippen molar-refractivity contribution in [3.05, 3.63) is 27.5 Å². The number of pyridine rings is 1. The normalized spacial score (nSPS) is 19.6. The molecule has 1 saturated heterocycles. The van der Waals surface area contributed by atoms with E-state index in [9.17, 15) is 0 Å². The van der Waals surface area contributed by atoms with Gasteiger partial charge >= 0.3 is 0 Å². The summed E-state index contributed by atoms with van der Waals surface area (Å²) in [7, 11) is 0. The molecule has 5 heteroatoms. The molecule has 0 aromatic carbocycles. The first-order chi connectivity index (χ1) is 9.60. The molecule has 1 N–H and O–H groups in total. The smallest absolute Gasteiger partial charge is 0.135 e. The van der Waals surface area contributed by atoms with Gasteiger partial charge in [-0.1, -0.05) is 30.1 Å². The molecule has 2 rings (SSSR count). The van der Waals surface area contributed by atoms with E-state index in [0.29, 0.717) is 5.15 Å². The van der Waals surface area contributed by atoms with Crippen molar-refractivity contribution < 1.29 is 0 Å². The Morgan fingerprint density at radius 3 is 2.85 bits per heavy atom. The van der Waals surface area contributed by atoms with E-state index in [1.165, 1.54) is 12.8 Å². The Morgan fingerprint density at radius 2 is 2.25 bits per heavy atom. The molecule has 1 fully saturated rings. The zero-order valence-electron chi connectivity index (χ0n) is 12.3. The molecule has 0 aliphatic carbocycles. The molecule has 0 amide bonds. The molecule has 1 atom stereocenters. The van der Waals surface area contributed by atoms with Gasteiger partial charge in [0, 0.05) is 29.4 Å². The van der Waals surface area contributed by atoms with Crippen LogP contribution in [0.1, 0.15) is 31.0 Å². The molecule has 1 aromatic heterocycles. The average molecular weight is 316 g/mol. The maximum absolute atomic E-state index is 6.32. The highest BCUT2D eigenvalue weighted by atomic mass is 35.5. The Balaban J connectivity index is 2.02. The van der Waals surface area contributed by atoms with Gasteiger partial charge in [0.25, 0.3) is 0 Å². The molecule has 2 heterocycles. The van der Waals surface area contributed by atoms with Gasteiger partial charge in [-0.3, -0.25) is 4.90 Å². The van der Waals surface area contributed by atoms with Crippen LogP contribution in [0.4, 0.5) is 0 Å². The molecular weight excluding hydrogens is 293 g/mol. The number of hydrogen-bond acceptors (Lipinski definition) is 3. The summed E-state index contributed by atoms with van der Waals surface area (Å²) in [4.78, 5) is 6.72. The fourth-order valence-corrected chi connectivity index (χ4v) is 3.39. The average Bonchev–Trinajstić information content (AvgIpc) is 2.42. The lowest BCUT2D eigenvalue weighted by Crippen LogP contribution is -2.38. The van der Waals surface area contributed by atoms with E-state index >= 15 is 0 Å². The molecule has 112 valence electrons. The molecule has 20 heavy (non-hydrogen) atoms. The number of piperidine rings is 1. The van der Waals surface area contributed by atoms with Crippen molar-refractivity contribution in [2.24, 2.45) is 5.92 Å². The van der Waals surface area contributed by atoms with Crippen LogP contribution in [0.5, 0.6) is 0 Å². The maximum atomic E-state index is 6.32. The lowest BCUT2D eigenvalue weighted by atomic mass is 9.99. The highest BCUT2D eigenvalue weighted by Gasteiger charge is 2.18. The quantitative estimate of drug-likeness (QED) is 0.843. The van der Waals surface area contributed by atoms with Crippen LogP contribution in [0, 0.1) is 12.8 Å². The van der Waals surface area contributed by atoms with E-state index in [1.807, 2.05) is 13.0 Å². The number of nitrogens with zero attached hydrogens (tertiary/aromatic N) is 2. The summed E-state index contributed by atoms with van der Waals surface area (Å²) < 4.78 is 0. The summed E-state index contributed by atoms with van der Waals surface area (Å²) in [5.41, 5.74) is 1.81. The summed E-state index contributed by atoms with van der Waals surface area (Å²) in [6.45, 7) is 9.22. The highest BCUT2D eigenvalue weighted by molar-refractivity contribution is 6.35. The molecular formula is C15H23Cl2N3. The minimum Gasteiger partial charge on any atom is -0.316 e. The van der Waals surface area contributed by atoms with E-state index in [4.69, 9.17) is 23.2 Å². The molecule has 0 radical (unpaired) electrons. The summed E-state index contributed by atoms with van der Waals surface area (Å²) in [5.74, 6) is 0.722. The van der Waals surface area contributed by atoms with E-state index < -0.39 is 0 Å². The van der Waals surface area contributed by atoms with Gasteiger partial charge in [-0.05, 0) is 51.4 Å². The van der Waals surface area contributed by atoms with Crippen LogP contribution in [-0.2, 0) is 6.54 Å².